The van der Waals surface area contributed by atoms with E-state index >= 15 is 0 Å². The average molecular weight is 285 g/mol. The van der Waals surface area contributed by atoms with Gasteiger partial charge in [0.15, 0.2) is 0 Å². The summed E-state index contributed by atoms with van der Waals surface area (Å²) in [4.78, 5) is 4.38. The van der Waals surface area contributed by atoms with Gasteiger partial charge in [-0.25, -0.2) is 4.98 Å². The number of pyridine rings is 1. The molecule has 4 heteroatoms. The second-order valence-corrected chi connectivity index (χ2v) is 5.60. The number of halogens is 1. The zero-order valence-corrected chi connectivity index (χ0v) is 11.3. The van der Waals surface area contributed by atoms with Gasteiger partial charge in [-0.1, -0.05) is 6.07 Å². The summed E-state index contributed by atoms with van der Waals surface area (Å²) in [7, 11) is 0. The van der Waals surface area contributed by atoms with Crippen molar-refractivity contribution in [3.05, 3.63) is 22.8 Å². The van der Waals surface area contributed by atoms with E-state index in [9.17, 15) is 0 Å². The second-order valence-electron chi connectivity index (χ2n) is 4.79. The van der Waals surface area contributed by atoms with E-state index in [4.69, 9.17) is 4.74 Å². The molecule has 2 heterocycles. The number of anilines is 1. The highest BCUT2D eigenvalue weighted by Crippen LogP contribution is 2.26. The van der Waals surface area contributed by atoms with Gasteiger partial charge in [0, 0.05) is 12.6 Å². The van der Waals surface area contributed by atoms with Crippen LogP contribution in [0.3, 0.4) is 0 Å². The van der Waals surface area contributed by atoms with E-state index in [2.05, 4.69) is 40.1 Å². The van der Waals surface area contributed by atoms with Crippen LogP contribution >= 0.6 is 15.9 Å². The molecule has 1 aliphatic rings. The molecule has 1 N–H and O–H groups in total. The number of ether oxygens (including phenoxy) is 1. The van der Waals surface area contributed by atoms with Gasteiger partial charge in [-0.2, -0.15) is 0 Å². The summed E-state index contributed by atoms with van der Waals surface area (Å²) >= 11 is 3.37. The van der Waals surface area contributed by atoms with E-state index in [-0.39, 0.29) is 5.60 Å². The number of hydrogen-bond acceptors (Lipinski definition) is 3. The Labute approximate surface area is 105 Å². The number of nitrogens with one attached hydrogen (secondary N) is 1. The van der Waals surface area contributed by atoms with Crippen molar-refractivity contribution in [3.8, 4) is 0 Å². The summed E-state index contributed by atoms with van der Waals surface area (Å²) in [6.07, 6.45) is 2.05. The smallest absolute Gasteiger partial charge is 0.127 e. The first-order valence-corrected chi connectivity index (χ1v) is 6.37. The minimum Gasteiger partial charge on any atom is -0.375 e. The van der Waals surface area contributed by atoms with Gasteiger partial charge in [0.05, 0.1) is 5.60 Å². The summed E-state index contributed by atoms with van der Waals surface area (Å²) in [5.41, 5.74) is -0.0259. The van der Waals surface area contributed by atoms with Crippen LogP contribution in [-0.4, -0.2) is 23.2 Å². The molecule has 0 aliphatic carbocycles. The molecule has 1 saturated heterocycles. The van der Waals surface area contributed by atoms with Gasteiger partial charge < -0.3 is 10.1 Å². The zero-order valence-electron chi connectivity index (χ0n) is 9.66. The minimum atomic E-state index is -0.0259. The molecule has 16 heavy (non-hydrogen) atoms. The largest absolute Gasteiger partial charge is 0.375 e. The van der Waals surface area contributed by atoms with Crippen molar-refractivity contribution in [2.45, 2.75) is 38.3 Å². The third-order valence-corrected chi connectivity index (χ3v) is 3.21. The molecule has 1 aliphatic heterocycles. The van der Waals surface area contributed by atoms with Crippen molar-refractivity contribution in [1.82, 2.24) is 4.98 Å². The van der Waals surface area contributed by atoms with Crippen LogP contribution in [0.4, 0.5) is 5.82 Å². The van der Waals surface area contributed by atoms with Crippen LogP contribution < -0.4 is 5.32 Å². The monoisotopic (exact) mass is 284 g/mol. The molecule has 2 rings (SSSR count). The maximum absolute atomic E-state index is 5.69. The second kappa shape index (κ2) is 4.72. The SMILES string of the molecule is CC1(C)CC(Nc2cccc(Br)n2)CCO1. The first-order chi connectivity index (χ1) is 7.55. The summed E-state index contributed by atoms with van der Waals surface area (Å²) < 4.78 is 6.55. The zero-order chi connectivity index (χ0) is 11.6. The van der Waals surface area contributed by atoms with Crippen LogP contribution in [0.2, 0.25) is 0 Å². The molecule has 1 aromatic rings. The predicted molar refractivity (Wildman–Crippen MR) is 68.6 cm³/mol. The molecule has 1 fully saturated rings. The Morgan fingerprint density at radius 2 is 2.31 bits per heavy atom. The van der Waals surface area contributed by atoms with Crippen molar-refractivity contribution in [2.24, 2.45) is 0 Å². The Morgan fingerprint density at radius 3 is 3.00 bits per heavy atom. The highest BCUT2D eigenvalue weighted by Gasteiger charge is 2.28. The Kier molecular flexibility index (Phi) is 3.50. The van der Waals surface area contributed by atoms with Gasteiger partial charge in [0.25, 0.3) is 0 Å². The minimum absolute atomic E-state index is 0.0259. The average Bonchev–Trinajstić information content (AvgIpc) is 2.15. The summed E-state index contributed by atoms with van der Waals surface area (Å²) in [6.45, 7) is 5.09. The van der Waals surface area contributed by atoms with Gasteiger partial charge in [0.2, 0.25) is 0 Å². The van der Waals surface area contributed by atoms with Gasteiger partial charge in [-0.05, 0) is 54.8 Å². The third-order valence-electron chi connectivity index (χ3n) is 2.76. The van der Waals surface area contributed by atoms with Crippen molar-refractivity contribution < 1.29 is 4.74 Å². The Hall–Kier alpha value is -0.610. The van der Waals surface area contributed by atoms with Gasteiger partial charge in [-0.15, -0.1) is 0 Å². The van der Waals surface area contributed by atoms with Crippen LogP contribution in [0.25, 0.3) is 0 Å². The molecule has 0 saturated carbocycles. The van der Waals surface area contributed by atoms with Crippen molar-refractivity contribution in [3.63, 3.8) is 0 Å². The highest BCUT2D eigenvalue weighted by atomic mass is 79.9. The summed E-state index contributed by atoms with van der Waals surface area (Å²) in [6, 6.07) is 6.36. The molecule has 1 aromatic heterocycles. The maximum atomic E-state index is 5.69. The van der Waals surface area contributed by atoms with Gasteiger partial charge in [-0.3, -0.25) is 0 Å². The fourth-order valence-electron chi connectivity index (χ4n) is 2.05. The highest BCUT2D eigenvalue weighted by molar-refractivity contribution is 9.10. The quantitative estimate of drug-likeness (QED) is 0.847. The van der Waals surface area contributed by atoms with Gasteiger partial charge in [0.1, 0.15) is 10.4 Å². The Balaban J connectivity index is 1.99. The van der Waals surface area contributed by atoms with E-state index in [0.29, 0.717) is 6.04 Å². The lowest BCUT2D eigenvalue weighted by Crippen LogP contribution is -2.40. The first-order valence-electron chi connectivity index (χ1n) is 5.58. The molecule has 0 amide bonds. The van der Waals surface area contributed by atoms with E-state index in [0.717, 1.165) is 29.9 Å². The van der Waals surface area contributed by atoms with Crippen molar-refractivity contribution >= 4 is 21.7 Å². The molecule has 1 unspecified atom stereocenters. The topological polar surface area (TPSA) is 34.2 Å². The lowest BCUT2D eigenvalue weighted by molar-refractivity contribution is -0.0553. The number of hydrogen-bond donors (Lipinski definition) is 1. The number of rotatable bonds is 2. The third kappa shape index (κ3) is 3.19. The molecular weight excluding hydrogens is 268 g/mol. The summed E-state index contributed by atoms with van der Waals surface area (Å²) in [5.74, 6) is 0.928. The fraction of sp³-hybridized carbons (Fsp3) is 0.583. The molecule has 3 nitrogen and oxygen atoms in total. The van der Waals surface area contributed by atoms with Crippen LogP contribution in [0.15, 0.2) is 22.8 Å². The molecule has 88 valence electrons. The van der Waals surface area contributed by atoms with Crippen LogP contribution in [-0.2, 0) is 4.74 Å². The molecular formula is C12H17BrN2O. The van der Waals surface area contributed by atoms with E-state index in [1.807, 2.05) is 18.2 Å². The fourth-order valence-corrected chi connectivity index (χ4v) is 2.40. The Morgan fingerprint density at radius 1 is 1.50 bits per heavy atom. The van der Waals surface area contributed by atoms with Crippen LogP contribution in [0.1, 0.15) is 26.7 Å². The molecule has 0 spiro atoms. The molecule has 0 aromatic carbocycles. The van der Waals surface area contributed by atoms with E-state index in [1.165, 1.54) is 0 Å². The Bertz CT molecular complexity index is 368. The van der Waals surface area contributed by atoms with E-state index < -0.39 is 0 Å². The van der Waals surface area contributed by atoms with Crippen LogP contribution in [0, 0.1) is 0 Å². The van der Waals surface area contributed by atoms with E-state index in [1.54, 1.807) is 0 Å². The van der Waals surface area contributed by atoms with Crippen molar-refractivity contribution in [2.75, 3.05) is 11.9 Å². The summed E-state index contributed by atoms with van der Waals surface area (Å²) in [5, 5.41) is 3.46. The molecule has 1 atom stereocenters. The first kappa shape index (κ1) is 11.9. The predicted octanol–water partition coefficient (Wildman–Crippen LogP) is 3.21. The standard InChI is InChI=1S/C12H17BrN2O/c1-12(2)8-9(6-7-16-12)14-11-5-3-4-10(13)15-11/h3-5,9H,6-8H2,1-2H3,(H,14,15). The number of aromatic nitrogens is 1. The lowest BCUT2D eigenvalue weighted by Gasteiger charge is -2.36. The normalized spacial score (nSPS) is 24.1. The lowest BCUT2D eigenvalue weighted by atomic mass is 9.94. The number of nitrogens with zero attached hydrogens (tertiary/aromatic N) is 1. The maximum Gasteiger partial charge on any atom is 0.127 e. The molecule has 0 radical (unpaired) electrons. The van der Waals surface area contributed by atoms with Crippen molar-refractivity contribution in [1.29, 1.82) is 0 Å². The van der Waals surface area contributed by atoms with Crippen LogP contribution in [0.5, 0.6) is 0 Å². The van der Waals surface area contributed by atoms with Gasteiger partial charge >= 0.3 is 0 Å². The molecule has 0 bridgehead atoms.